The summed E-state index contributed by atoms with van der Waals surface area (Å²) in [6.07, 6.45) is -3.17. The van der Waals surface area contributed by atoms with Crippen molar-refractivity contribution in [1.29, 1.82) is 0 Å². The zero-order chi connectivity index (χ0) is 22.9. The molecule has 0 spiro atoms. The fraction of sp³-hybridized carbons (Fsp3) is 0.357. The molecular weight excluding hydrogens is 419 g/mol. The normalized spacial score (nSPS) is 25.1. The molecule has 0 aromatic heterocycles. The standard InChI is InChI=1S/C28H31FO4/c1-21-26(31-18-23-13-7-3-8-14-23)25(20-30-17-22-11-5-2-6-12-22)33-28(29)27(21)32-19-24-15-9-4-10-16-24/h2-16,21,25-28H,17-20H2,1H3/t21-,25?,26+,27?,28?/m0/s1. The Morgan fingerprint density at radius 3 is 1.64 bits per heavy atom. The number of benzene rings is 3. The van der Waals surface area contributed by atoms with Crippen molar-refractivity contribution < 1.29 is 23.3 Å². The van der Waals surface area contributed by atoms with Crippen molar-refractivity contribution in [3.63, 3.8) is 0 Å². The van der Waals surface area contributed by atoms with Crippen LogP contribution in [0.2, 0.25) is 0 Å². The molecule has 0 amide bonds. The number of hydrogen-bond acceptors (Lipinski definition) is 4. The molecule has 1 aliphatic rings. The highest BCUT2D eigenvalue weighted by molar-refractivity contribution is 5.15. The Balaban J connectivity index is 1.41. The highest BCUT2D eigenvalue weighted by atomic mass is 19.1. The Bertz CT molecular complexity index is 936. The summed E-state index contributed by atoms with van der Waals surface area (Å²) in [4.78, 5) is 0. The van der Waals surface area contributed by atoms with Gasteiger partial charge in [0.1, 0.15) is 12.2 Å². The van der Waals surface area contributed by atoms with Crippen molar-refractivity contribution in [1.82, 2.24) is 0 Å². The molecule has 0 saturated carbocycles. The van der Waals surface area contributed by atoms with Crippen LogP contribution in [0.5, 0.6) is 0 Å². The molecule has 4 rings (SSSR count). The number of alkyl halides is 1. The van der Waals surface area contributed by atoms with Gasteiger partial charge in [-0.2, -0.15) is 0 Å². The molecule has 0 bridgehead atoms. The van der Waals surface area contributed by atoms with Gasteiger partial charge in [0.2, 0.25) is 6.36 Å². The predicted molar refractivity (Wildman–Crippen MR) is 125 cm³/mol. The number of ether oxygens (including phenoxy) is 4. The molecule has 1 fully saturated rings. The van der Waals surface area contributed by atoms with Crippen LogP contribution in [0.15, 0.2) is 91.0 Å². The van der Waals surface area contributed by atoms with Crippen LogP contribution in [-0.4, -0.2) is 31.3 Å². The summed E-state index contributed by atoms with van der Waals surface area (Å²) in [5, 5.41) is 0. The van der Waals surface area contributed by atoms with Crippen molar-refractivity contribution in [3.05, 3.63) is 108 Å². The van der Waals surface area contributed by atoms with E-state index in [2.05, 4.69) is 0 Å². The van der Waals surface area contributed by atoms with Crippen molar-refractivity contribution in [3.8, 4) is 0 Å². The minimum absolute atomic E-state index is 0.216. The van der Waals surface area contributed by atoms with Crippen molar-refractivity contribution in [2.45, 2.75) is 51.4 Å². The topological polar surface area (TPSA) is 36.9 Å². The van der Waals surface area contributed by atoms with E-state index in [9.17, 15) is 0 Å². The van der Waals surface area contributed by atoms with Gasteiger partial charge in [-0.1, -0.05) is 97.9 Å². The molecule has 3 aromatic carbocycles. The van der Waals surface area contributed by atoms with E-state index in [1.165, 1.54) is 0 Å². The van der Waals surface area contributed by atoms with Gasteiger partial charge in [-0.3, -0.25) is 0 Å². The Morgan fingerprint density at radius 1 is 0.667 bits per heavy atom. The Labute approximate surface area is 195 Å². The Kier molecular flexibility index (Phi) is 8.61. The fourth-order valence-electron chi connectivity index (χ4n) is 4.11. The summed E-state index contributed by atoms with van der Waals surface area (Å²) in [5.74, 6) is -0.216. The number of rotatable bonds is 10. The molecule has 5 heteroatoms. The third-order valence-corrected chi connectivity index (χ3v) is 5.93. The summed E-state index contributed by atoms with van der Waals surface area (Å²) >= 11 is 0. The van der Waals surface area contributed by atoms with Crippen LogP contribution in [0.25, 0.3) is 0 Å². The second kappa shape index (κ2) is 12.1. The number of hydrogen-bond donors (Lipinski definition) is 0. The fourth-order valence-corrected chi connectivity index (χ4v) is 4.11. The lowest BCUT2D eigenvalue weighted by Gasteiger charge is -2.42. The minimum atomic E-state index is -1.55. The first-order valence-electron chi connectivity index (χ1n) is 11.4. The summed E-state index contributed by atoms with van der Waals surface area (Å²) in [6.45, 7) is 3.37. The quantitative estimate of drug-likeness (QED) is 0.397. The van der Waals surface area contributed by atoms with E-state index in [-0.39, 0.29) is 18.6 Å². The summed E-state index contributed by atoms with van der Waals surface area (Å²) in [7, 11) is 0. The van der Waals surface area contributed by atoms with Gasteiger partial charge in [-0.25, -0.2) is 4.39 Å². The molecule has 0 N–H and O–H groups in total. The predicted octanol–water partition coefficient (Wildman–Crippen LogP) is 5.70. The molecule has 1 aliphatic heterocycles. The van der Waals surface area contributed by atoms with Gasteiger partial charge in [0, 0.05) is 5.92 Å². The maximum atomic E-state index is 15.1. The maximum absolute atomic E-state index is 15.1. The average Bonchev–Trinajstić information content (AvgIpc) is 2.85. The smallest absolute Gasteiger partial charge is 0.226 e. The Hall–Kier alpha value is -2.57. The van der Waals surface area contributed by atoms with Crippen molar-refractivity contribution in [2.75, 3.05) is 6.61 Å². The van der Waals surface area contributed by atoms with Crippen LogP contribution in [0.4, 0.5) is 4.39 Å². The molecule has 5 atom stereocenters. The van der Waals surface area contributed by atoms with E-state index in [1.54, 1.807) is 0 Å². The largest absolute Gasteiger partial charge is 0.374 e. The third-order valence-electron chi connectivity index (χ3n) is 5.93. The molecule has 3 aromatic rings. The zero-order valence-electron chi connectivity index (χ0n) is 18.9. The summed E-state index contributed by atoms with van der Waals surface area (Å²) in [6, 6.07) is 29.6. The van der Waals surface area contributed by atoms with E-state index in [1.807, 2.05) is 97.9 Å². The molecule has 1 saturated heterocycles. The number of halogens is 1. The molecule has 174 valence electrons. The highest BCUT2D eigenvalue weighted by Gasteiger charge is 2.45. The van der Waals surface area contributed by atoms with Gasteiger partial charge >= 0.3 is 0 Å². The molecule has 4 nitrogen and oxygen atoms in total. The molecule has 0 aliphatic carbocycles. The van der Waals surface area contributed by atoms with Crippen LogP contribution in [0.3, 0.4) is 0 Å². The first-order valence-corrected chi connectivity index (χ1v) is 11.4. The van der Waals surface area contributed by atoms with Gasteiger partial charge in [0.25, 0.3) is 0 Å². The van der Waals surface area contributed by atoms with E-state index in [0.717, 1.165) is 16.7 Å². The van der Waals surface area contributed by atoms with Gasteiger partial charge in [-0.05, 0) is 16.7 Å². The van der Waals surface area contributed by atoms with E-state index in [0.29, 0.717) is 19.8 Å². The molecule has 3 unspecified atom stereocenters. The average molecular weight is 451 g/mol. The zero-order valence-corrected chi connectivity index (χ0v) is 18.9. The van der Waals surface area contributed by atoms with Crippen LogP contribution in [-0.2, 0) is 38.8 Å². The summed E-state index contributed by atoms with van der Waals surface area (Å²) in [5.41, 5.74) is 3.11. The van der Waals surface area contributed by atoms with E-state index >= 15 is 4.39 Å². The van der Waals surface area contributed by atoms with Crippen LogP contribution in [0.1, 0.15) is 23.6 Å². The van der Waals surface area contributed by atoms with Gasteiger partial charge in [-0.15, -0.1) is 0 Å². The van der Waals surface area contributed by atoms with Crippen molar-refractivity contribution in [2.24, 2.45) is 5.92 Å². The third kappa shape index (κ3) is 6.71. The van der Waals surface area contributed by atoms with E-state index in [4.69, 9.17) is 18.9 Å². The van der Waals surface area contributed by atoms with Crippen LogP contribution >= 0.6 is 0 Å². The van der Waals surface area contributed by atoms with E-state index < -0.39 is 18.6 Å². The highest BCUT2D eigenvalue weighted by Crippen LogP contribution is 2.32. The van der Waals surface area contributed by atoms with Crippen molar-refractivity contribution >= 4 is 0 Å². The van der Waals surface area contributed by atoms with Gasteiger partial charge in [0.05, 0.1) is 32.5 Å². The monoisotopic (exact) mass is 450 g/mol. The molecule has 1 heterocycles. The van der Waals surface area contributed by atoms with Gasteiger partial charge in [0.15, 0.2) is 0 Å². The first-order chi connectivity index (χ1) is 16.2. The lowest BCUT2D eigenvalue weighted by molar-refractivity contribution is -0.271. The molecule has 0 radical (unpaired) electrons. The molecular formula is C28H31FO4. The lowest BCUT2D eigenvalue weighted by Crippen LogP contribution is -2.55. The van der Waals surface area contributed by atoms with Gasteiger partial charge < -0.3 is 18.9 Å². The first kappa shape index (κ1) is 23.6. The van der Waals surface area contributed by atoms with Crippen LogP contribution in [0, 0.1) is 5.92 Å². The SMILES string of the molecule is C[C@@H]1C(OCc2ccccc2)C(F)OC(COCc2ccccc2)[C@@H]1OCc1ccccc1. The Morgan fingerprint density at radius 2 is 1.12 bits per heavy atom. The lowest BCUT2D eigenvalue weighted by atomic mass is 9.90. The second-order valence-electron chi connectivity index (χ2n) is 8.41. The van der Waals surface area contributed by atoms with Crippen LogP contribution < -0.4 is 0 Å². The minimum Gasteiger partial charge on any atom is -0.374 e. The summed E-state index contributed by atoms with van der Waals surface area (Å²) < 4.78 is 39.0. The second-order valence-corrected chi connectivity index (χ2v) is 8.41. The molecule has 33 heavy (non-hydrogen) atoms. The maximum Gasteiger partial charge on any atom is 0.226 e.